The van der Waals surface area contributed by atoms with Crippen LogP contribution in [-0.4, -0.2) is 69.3 Å². The molecule has 1 atom stereocenters. The number of thioether (sulfide) groups is 1. The lowest BCUT2D eigenvalue weighted by molar-refractivity contribution is -0.129. The van der Waals surface area contributed by atoms with Crippen molar-refractivity contribution in [2.24, 2.45) is 0 Å². The predicted molar refractivity (Wildman–Crippen MR) is 133 cm³/mol. The van der Waals surface area contributed by atoms with Gasteiger partial charge in [0.25, 0.3) is 0 Å². The molecule has 1 unspecified atom stereocenters. The van der Waals surface area contributed by atoms with Crippen LogP contribution in [0, 0.1) is 0 Å². The molecule has 2 aliphatic rings. The van der Waals surface area contributed by atoms with Gasteiger partial charge in [0.15, 0.2) is 5.16 Å². The number of ether oxygens (including phenoxy) is 1. The van der Waals surface area contributed by atoms with Crippen molar-refractivity contribution in [3.05, 3.63) is 65.7 Å². The number of aromatic nitrogens is 2. The molecule has 0 N–H and O–H groups in total. The zero-order valence-corrected chi connectivity index (χ0v) is 20.3. The van der Waals surface area contributed by atoms with Crippen molar-refractivity contribution in [3.8, 4) is 10.6 Å². The monoisotopic (exact) mass is 494 g/mol. The van der Waals surface area contributed by atoms with E-state index in [0.717, 1.165) is 29.8 Å². The average Bonchev–Trinajstić information content (AvgIpc) is 3.54. The summed E-state index contributed by atoms with van der Waals surface area (Å²) in [6.07, 6.45) is 3.82. The molecular weight excluding hydrogens is 468 g/mol. The molecule has 176 valence electrons. The lowest BCUT2D eigenvalue weighted by Gasteiger charge is -2.37. The summed E-state index contributed by atoms with van der Waals surface area (Å²) in [5.74, 6) is 0.388. The molecule has 2 aromatic heterocycles. The Hall–Kier alpha value is -2.91. The van der Waals surface area contributed by atoms with E-state index in [0.29, 0.717) is 30.6 Å². The summed E-state index contributed by atoms with van der Waals surface area (Å²) in [6.45, 7) is 1.71. The van der Waals surface area contributed by atoms with Gasteiger partial charge < -0.3 is 9.64 Å². The van der Waals surface area contributed by atoms with E-state index in [-0.39, 0.29) is 24.1 Å². The van der Waals surface area contributed by atoms with Gasteiger partial charge in [0.1, 0.15) is 6.61 Å². The maximum atomic E-state index is 12.8. The Labute approximate surface area is 207 Å². The van der Waals surface area contributed by atoms with Gasteiger partial charge >= 0.3 is 6.09 Å². The largest absolute Gasteiger partial charge is 0.447 e. The van der Waals surface area contributed by atoms with E-state index in [2.05, 4.69) is 22.1 Å². The standard InChI is InChI=1S/C25H26N4O3S2/c30-23(17-34-24-26-11-8-21(27-24)22-7-4-14-33-22)28-12-9-19(10-13-28)29-20(16-32-25(29)31)15-18-5-2-1-3-6-18/h1-8,11,14,19-20H,9-10,12-13,15-17H2. The van der Waals surface area contributed by atoms with E-state index in [9.17, 15) is 9.59 Å². The van der Waals surface area contributed by atoms with Gasteiger partial charge in [-0.1, -0.05) is 48.2 Å². The van der Waals surface area contributed by atoms with Crippen molar-refractivity contribution in [1.29, 1.82) is 0 Å². The second-order valence-corrected chi connectivity index (χ2v) is 10.3. The van der Waals surface area contributed by atoms with Crippen LogP contribution in [0.4, 0.5) is 4.79 Å². The molecular formula is C25H26N4O3S2. The molecule has 2 fully saturated rings. The molecule has 2 amide bonds. The number of likely N-dealkylation sites (tertiary alicyclic amines) is 1. The number of rotatable bonds is 7. The topological polar surface area (TPSA) is 75.6 Å². The van der Waals surface area contributed by atoms with Gasteiger partial charge in [-0.05, 0) is 42.3 Å². The Kier molecular flexibility index (Phi) is 7.10. The molecule has 7 nitrogen and oxygen atoms in total. The van der Waals surface area contributed by atoms with Crippen molar-refractivity contribution in [2.45, 2.75) is 36.5 Å². The first-order chi connectivity index (χ1) is 16.7. The molecule has 0 saturated carbocycles. The number of carbonyl (C=O) groups excluding carboxylic acids is 2. The maximum Gasteiger partial charge on any atom is 0.410 e. The van der Waals surface area contributed by atoms with Crippen molar-refractivity contribution in [3.63, 3.8) is 0 Å². The SMILES string of the molecule is O=C(CSc1nccc(-c2cccs2)n1)N1CCC(N2C(=O)OCC2Cc2ccccc2)CC1. The van der Waals surface area contributed by atoms with Crippen LogP contribution in [0.2, 0.25) is 0 Å². The minimum atomic E-state index is -0.232. The number of carbonyl (C=O) groups is 2. The zero-order chi connectivity index (χ0) is 23.3. The fraction of sp³-hybridized carbons (Fsp3) is 0.360. The quantitative estimate of drug-likeness (QED) is 0.359. The van der Waals surface area contributed by atoms with Gasteiger partial charge in [-0.3, -0.25) is 9.69 Å². The average molecular weight is 495 g/mol. The molecule has 1 aromatic carbocycles. The van der Waals surface area contributed by atoms with Crippen molar-refractivity contribution in [2.75, 3.05) is 25.4 Å². The van der Waals surface area contributed by atoms with E-state index in [1.165, 1.54) is 17.3 Å². The van der Waals surface area contributed by atoms with E-state index in [1.54, 1.807) is 17.5 Å². The third kappa shape index (κ3) is 5.26. The molecule has 3 aromatic rings. The lowest BCUT2D eigenvalue weighted by Crippen LogP contribution is -2.50. The molecule has 34 heavy (non-hydrogen) atoms. The van der Waals surface area contributed by atoms with Crippen LogP contribution in [0.15, 0.2) is 65.3 Å². The normalized spacial score (nSPS) is 18.8. The van der Waals surface area contributed by atoms with Crippen LogP contribution in [0.3, 0.4) is 0 Å². The second kappa shape index (κ2) is 10.6. The van der Waals surface area contributed by atoms with E-state index >= 15 is 0 Å². The fourth-order valence-electron chi connectivity index (χ4n) is 4.54. The number of hydrogen-bond acceptors (Lipinski definition) is 7. The molecule has 5 rings (SSSR count). The molecule has 0 spiro atoms. The Morgan fingerprint density at radius 1 is 1.12 bits per heavy atom. The van der Waals surface area contributed by atoms with Crippen LogP contribution in [0.25, 0.3) is 10.6 Å². The molecule has 9 heteroatoms. The Balaban J connectivity index is 1.13. The number of hydrogen-bond donors (Lipinski definition) is 0. The van der Waals surface area contributed by atoms with E-state index in [4.69, 9.17) is 4.74 Å². The summed E-state index contributed by atoms with van der Waals surface area (Å²) in [4.78, 5) is 39.1. The second-order valence-electron chi connectivity index (χ2n) is 8.43. The number of benzene rings is 1. The predicted octanol–water partition coefficient (Wildman–Crippen LogP) is 4.35. The van der Waals surface area contributed by atoms with Crippen molar-refractivity contribution < 1.29 is 14.3 Å². The van der Waals surface area contributed by atoms with E-state index < -0.39 is 0 Å². The molecule has 4 heterocycles. The molecule has 0 bridgehead atoms. The van der Waals surface area contributed by atoms with Gasteiger partial charge in [-0.2, -0.15) is 0 Å². The Morgan fingerprint density at radius 2 is 1.94 bits per heavy atom. The minimum Gasteiger partial charge on any atom is -0.447 e. The first kappa shape index (κ1) is 22.9. The Bertz CT molecular complexity index is 1120. The molecule has 2 aliphatic heterocycles. The van der Waals surface area contributed by atoms with Gasteiger partial charge in [0.2, 0.25) is 5.91 Å². The van der Waals surface area contributed by atoms with Gasteiger partial charge in [-0.25, -0.2) is 14.8 Å². The summed E-state index contributed by atoms with van der Waals surface area (Å²) in [6, 6.07) is 16.2. The summed E-state index contributed by atoms with van der Waals surface area (Å²) in [7, 11) is 0. The highest BCUT2D eigenvalue weighted by Crippen LogP contribution is 2.27. The first-order valence-corrected chi connectivity index (χ1v) is 13.3. The van der Waals surface area contributed by atoms with Crippen LogP contribution >= 0.6 is 23.1 Å². The summed E-state index contributed by atoms with van der Waals surface area (Å²) in [5.41, 5.74) is 2.08. The fourth-order valence-corrected chi connectivity index (χ4v) is 5.97. The summed E-state index contributed by atoms with van der Waals surface area (Å²) >= 11 is 3.00. The Morgan fingerprint density at radius 3 is 2.71 bits per heavy atom. The summed E-state index contributed by atoms with van der Waals surface area (Å²) in [5, 5.41) is 2.63. The zero-order valence-electron chi connectivity index (χ0n) is 18.7. The maximum absolute atomic E-state index is 12.8. The number of nitrogens with zero attached hydrogens (tertiary/aromatic N) is 4. The van der Waals surface area contributed by atoms with Crippen LogP contribution < -0.4 is 0 Å². The molecule has 2 saturated heterocycles. The first-order valence-electron chi connectivity index (χ1n) is 11.4. The number of thiophene rings is 1. The number of piperidine rings is 1. The van der Waals surface area contributed by atoms with Crippen LogP contribution in [0.1, 0.15) is 18.4 Å². The van der Waals surface area contributed by atoms with Gasteiger partial charge in [-0.15, -0.1) is 11.3 Å². The van der Waals surface area contributed by atoms with E-state index in [1.807, 2.05) is 51.6 Å². The highest BCUT2D eigenvalue weighted by Gasteiger charge is 2.39. The third-order valence-corrected chi connectivity index (χ3v) is 8.00. The lowest BCUT2D eigenvalue weighted by atomic mass is 9.99. The van der Waals surface area contributed by atoms with Crippen LogP contribution in [0.5, 0.6) is 0 Å². The van der Waals surface area contributed by atoms with Crippen LogP contribution in [-0.2, 0) is 16.0 Å². The smallest absolute Gasteiger partial charge is 0.410 e. The third-order valence-electron chi connectivity index (χ3n) is 6.26. The molecule has 0 aliphatic carbocycles. The number of cyclic esters (lactones) is 1. The van der Waals surface area contributed by atoms with Gasteiger partial charge in [0.05, 0.1) is 22.4 Å². The highest BCUT2D eigenvalue weighted by molar-refractivity contribution is 7.99. The van der Waals surface area contributed by atoms with Gasteiger partial charge in [0, 0.05) is 25.3 Å². The summed E-state index contributed by atoms with van der Waals surface area (Å²) < 4.78 is 5.39. The molecule has 0 radical (unpaired) electrons. The van der Waals surface area contributed by atoms with Crippen molar-refractivity contribution >= 4 is 35.1 Å². The van der Waals surface area contributed by atoms with Crippen molar-refractivity contribution in [1.82, 2.24) is 19.8 Å². The number of amides is 2. The highest BCUT2D eigenvalue weighted by atomic mass is 32.2. The minimum absolute atomic E-state index is 0.0467.